The van der Waals surface area contributed by atoms with Crippen LogP contribution in [0.4, 0.5) is 0 Å². The van der Waals surface area contributed by atoms with Crippen LogP contribution in [-0.4, -0.2) is 27.6 Å². The van der Waals surface area contributed by atoms with E-state index in [0.717, 1.165) is 31.0 Å². The smallest absolute Gasteiger partial charge is 0.110 e. The van der Waals surface area contributed by atoms with Gasteiger partial charge in [-0.15, -0.1) is 0 Å². The fraction of sp³-hybridized carbons (Fsp3) is 0.700. The summed E-state index contributed by atoms with van der Waals surface area (Å²) in [5, 5.41) is 0. The van der Waals surface area contributed by atoms with Gasteiger partial charge in [-0.3, -0.25) is 11.3 Å². The normalized spacial score (nSPS) is 13.0. The first kappa shape index (κ1) is 12.5. The molecule has 0 saturated heterocycles. The monoisotopic (exact) mass is 228 g/mol. The lowest BCUT2D eigenvalue weighted by atomic mass is 10.1. The van der Waals surface area contributed by atoms with E-state index in [-0.39, 0.29) is 0 Å². The SMILES string of the molecule is CCn1ccnc1CC(CCSC)NN. The lowest BCUT2D eigenvalue weighted by Crippen LogP contribution is -2.37. The van der Waals surface area contributed by atoms with Crippen LogP contribution < -0.4 is 11.3 Å². The van der Waals surface area contributed by atoms with Crippen molar-refractivity contribution in [3.63, 3.8) is 0 Å². The maximum absolute atomic E-state index is 5.53. The van der Waals surface area contributed by atoms with Crippen LogP contribution in [0, 0.1) is 0 Å². The molecule has 15 heavy (non-hydrogen) atoms. The molecule has 1 aromatic heterocycles. The molecule has 0 bridgehead atoms. The Kier molecular flexibility index (Phi) is 5.75. The molecular weight excluding hydrogens is 208 g/mol. The molecule has 0 aliphatic carbocycles. The molecule has 1 heterocycles. The predicted octanol–water partition coefficient (Wildman–Crippen LogP) is 1.03. The Morgan fingerprint density at radius 1 is 1.67 bits per heavy atom. The average molecular weight is 228 g/mol. The molecule has 0 saturated carbocycles. The quantitative estimate of drug-likeness (QED) is 0.540. The van der Waals surface area contributed by atoms with Gasteiger partial charge < -0.3 is 4.57 Å². The van der Waals surface area contributed by atoms with E-state index in [9.17, 15) is 0 Å². The van der Waals surface area contributed by atoms with Gasteiger partial charge in [0, 0.05) is 31.4 Å². The summed E-state index contributed by atoms with van der Waals surface area (Å²) < 4.78 is 2.16. The van der Waals surface area contributed by atoms with E-state index in [0.29, 0.717) is 6.04 Å². The molecule has 0 radical (unpaired) electrons. The summed E-state index contributed by atoms with van der Waals surface area (Å²) in [6.07, 6.45) is 7.95. The first-order valence-electron chi connectivity index (χ1n) is 5.26. The summed E-state index contributed by atoms with van der Waals surface area (Å²) >= 11 is 1.85. The number of nitrogens with zero attached hydrogens (tertiary/aromatic N) is 2. The van der Waals surface area contributed by atoms with Crippen LogP contribution in [0.5, 0.6) is 0 Å². The molecule has 1 rings (SSSR count). The lowest BCUT2D eigenvalue weighted by Gasteiger charge is -2.15. The van der Waals surface area contributed by atoms with Crippen molar-refractivity contribution in [2.24, 2.45) is 5.84 Å². The molecule has 0 fully saturated rings. The summed E-state index contributed by atoms with van der Waals surface area (Å²) in [5.41, 5.74) is 2.86. The summed E-state index contributed by atoms with van der Waals surface area (Å²) in [6.45, 7) is 3.09. The maximum atomic E-state index is 5.53. The Labute approximate surface area is 95.6 Å². The van der Waals surface area contributed by atoms with Gasteiger partial charge in [-0.05, 0) is 25.4 Å². The van der Waals surface area contributed by atoms with Crippen LogP contribution in [0.25, 0.3) is 0 Å². The van der Waals surface area contributed by atoms with Crippen LogP contribution in [0.2, 0.25) is 0 Å². The minimum absolute atomic E-state index is 0.324. The zero-order valence-electron chi connectivity index (χ0n) is 9.44. The minimum atomic E-state index is 0.324. The number of nitrogens with one attached hydrogen (secondary N) is 1. The van der Waals surface area contributed by atoms with Crippen molar-refractivity contribution in [2.45, 2.75) is 32.4 Å². The van der Waals surface area contributed by atoms with Crippen molar-refractivity contribution in [3.05, 3.63) is 18.2 Å². The molecule has 0 aliphatic rings. The first-order valence-corrected chi connectivity index (χ1v) is 6.66. The van der Waals surface area contributed by atoms with Crippen LogP contribution in [0.15, 0.2) is 12.4 Å². The Bertz CT molecular complexity index is 274. The zero-order valence-corrected chi connectivity index (χ0v) is 10.3. The van der Waals surface area contributed by atoms with Crippen LogP contribution in [-0.2, 0) is 13.0 Å². The van der Waals surface area contributed by atoms with E-state index in [4.69, 9.17) is 5.84 Å². The molecule has 0 spiro atoms. The predicted molar refractivity (Wildman–Crippen MR) is 65.7 cm³/mol. The highest BCUT2D eigenvalue weighted by molar-refractivity contribution is 7.98. The average Bonchev–Trinajstić information content (AvgIpc) is 2.71. The third-order valence-electron chi connectivity index (χ3n) is 2.48. The van der Waals surface area contributed by atoms with Gasteiger partial charge >= 0.3 is 0 Å². The van der Waals surface area contributed by atoms with Gasteiger partial charge in [-0.25, -0.2) is 4.98 Å². The molecular formula is C10H20N4S. The number of imidazole rings is 1. The highest BCUT2D eigenvalue weighted by Gasteiger charge is 2.10. The molecule has 0 aliphatic heterocycles. The number of nitrogens with two attached hydrogens (primary N) is 1. The van der Waals surface area contributed by atoms with Gasteiger partial charge in [0.15, 0.2) is 0 Å². The Balaban J connectivity index is 2.50. The van der Waals surface area contributed by atoms with Crippen LogP contribution in [0.1, 0.15) is 19.2 Å². The van der Waals surface area contributed by atoms with Crippen molar-refractivity contribution < 1.29 is 0 Å². The molecule has 1 aromatic rings. The number of thioether (sulfide) groups is 1. The number of aromatic nitrogens is 2. The summed E-state index contributed by atoms with van der Waals surface area (Å²) in [7, 11) is 0. The van der Waals surface area contributed by atoms with Crippen LogP contribution >= 0.6 is 11.8 Å². The van der Waals surface area contributed by atoms with Gasteiger partial charge in [-0.2, -0.15) is 11.8 Å². The van der Waals surface area contributed by atoms with E-state index >= 15 is 0 Å². The number of hydrogen-bond donors (Lipinski definition) is 2. The highest BCUT2D eigenvalue weighted by Crippen LogP contribution is 2.06. The van der Waals surface area contributed by atoms with Gasteiger partial charge in [0.05, 0.1) is 0 Å². The number of aryl methyl sites for hydroxylation is 1. The second kappa shape index (κ2) is 6.87. The number of rotatable bonds is 7. The molecule has 0 aromatic carbocycles. The Morgan fingerprint density at radius 3 is 3.07 bits per heavy atom. The fourth-order valence-corrected chi connectivity index (χ4v) is 2.06. The van der Waals surface area contributed by atoms with Crippen molar-refractivity contribution in [1.29, 1.82) is 0 Å². The van der Waals surface area contributed by atoms with Gasteiger partial charge in [-0.1, -0.05) is 0 Å². The third kappa shape index (κ3) is 3.85. The Hall–Kier alpha value is -0.520. The largest absolute Gasteiger partial charge is 0.335 e. The van der Waals surface area contributed by atoms with Crippen molar-refractivity contribution in [2.75, 3.05) is 12.0 Å². The zero-order chi connectivity index (χ0) is 11.1. The van der Waals surface area contributed by atoms with Crippen molar-refractivity contribution in [3.8, 4) is 0 Å². The third-order valence-corrected chi connectivity index (χ3v) is 3.12. The van der Waals surface area contributed by atoms with E-state index in [1.807, 2.05) is 24.2 Å². The van der Waals surface area contributed by atoms with Crippen molar-refractivity contribution in [1.82, 2.24) is 15.0 Å². The Morgan fingerprint density at radius 2 is 2.47 bits per heavy atom. The molecule has 3 N–H and O–H groups in total. The summed E-state index contributed by atoms with van der Waals surface area (Å²) in [5.74, 6) is 7.76. The second-order valence-corrected chi connectivity index (χ2v) is 4.46. The fourth-order valence-electron chi connectivity index (χ4n) is 1.54. The van der Waals surface area contributed by atoms with E-state index in [1.165, 1.54) is 0 Å². The van der Waals surface area contributed by atoms with Crippen molar-refractivity contribution >= 4 is 11.8 Å². The first-order chi connectivity index (χ1) is 7.31. The summed E-state index contributed by atoms with van der Waals surface area (Å²) in [4.78, 5) is 4.34. The highest BCUT2D eigenvalue weighted by atomic mass is 32.2. The topological polar surface area (TPSA) is 55.9 Å². The summed E-state index contributed by atoms with van der Waals surface area (Å²) in [6, 6.07) is 0.324. The maximum Gasteiger partial charge on any atom is 0.110 e. The molecule has 1 atom stereocenters. The van der Waals surface area contributed by atoms with E-state index in [2.05, 4.69) is 28.2 Å². The number of hydrazine groups is 1. The molecule has 0 amide bonds. The van der Waals surface area contributed by atoms with Crippen LogP contribution in [0.3, 0.4) is 0 Å². The lowest BCUT2D eigenvalue weighted by molar-refractivity contribution is 0.492. The number of hydrogen-bond acceptors (Lipinski definition) is 4. The second-order valence-electron chi connectivity index (χ2n) is 3.48. The van der Waals surface area contributed by atoms with E-state index in [1.54, 1.807) is 0 Å². The molecule has 5 heteroatoms. The molecule has 1 unspecified atom stereocenters. The minimum Gasteiger partial charge on any atom is -0.335 e. The van der Waals surface area contributed by atoms with Gasteiger partial charge in [0.2, 0.25) is 0 Å². The van der Waals surface area contributed by atoms with Gasteiger partial charge in [0.1, 0.15) is 5.82 Å². The molecule has 4 nitrogen and oxygen atoms in total. The molecule has 86 valence electrons. The van der Waals surface area contributed by atoms with E-state index < -0.39 is 0 Å². The van der Waals surface area contributed by atoms with Gasteiger partial charge in [0.25, 0.3) is 0 Å². The standard InChI is InChI=1S/C10H20N4S/c1-3-14-6-5-12-10(14)8-9(13-11)4-7-15-2/h5-6,9,13H,3-4,7-8,11H2,1-2H3.